The highest BCUT2D eigenvalue weighted by atomic mass is 16.4. The first kappa shape index (κ1) is 11.3. The molecular weight excluding hydrogens is 188 g/mol. The second-order valence-electron chi connectivity index (χ2n) is 3.23. The molecule has 0 aliphatic rings. The van der Waals surface area contributed by atoms with E-state index in [1.165, 1.54) is 5.56 Å². The molecule has 15 heavy (non-hydrogen) atoms. The van der Waals surface area contributed by atoms with Crippen LogP contribution >= 0.6 is 0 Å². The molecule has 0 aliphatic heterocycles. The summed E-state index contributed by atoms with van der Waals surface area (Å²) in [5.41, 5.74) is 1.27. The van der Waals surface area contributed by atoms with Gasteiger partial charge in [-0.05, 0) is 12.0 Å². The summed E-state index contributed by atoms with van der Waals surface area (Å²) in [7, 11) is 0. The Morgan fingerprint density at radius 2 is 1.80 bits per heavy atom. The standard InChI is InChI=1S/C13H14O2/c14-13(15)11-7-2-1-4-8-12-9-5-3-6-10-12/h3,5-6,9-10H,4,7-8,11H2,(H,14,15). The van der Waals surface area contributed by atoms with Crippen LogP contribution in [0.15, 0.2) is 30.3 Å². The molecule has 0 saturated carbocycles. The summed E-state index contributed by atoms with van der Waals surface area (Å²) in [5, 5.41) is 8.38. The number of carbonyl (C=O) groups is 1. The second-order valence-corrected chi connectivity index (χ2v) is 3.23. The molecule has 0 heterocycles. The van der Waals surface area contributed by atoms with Crippen molar-refractivity contribution in [3.05, 3.63) is 35.9 Å². The average Bonchev–Trinajstić information content (AvgIpc) is 2.24. The van der Waals surface area contributed by atoms with Gasteiger partial charge in [-0.3, -0.25) is 4.79 Å². The smallest absolute Gasteiger partial charge is 0.304 e. The summed E-state index contributed by atoms with van der Waals surface area (Å²) in [6.07, 6.45) is 2.31. The van der Waals surface area contributed by atoms with Crippen molar-refractivity contribution in [3.8, 4) is 11.8 Å². The predicted molar refractivity (Wildman–Crippen MR) is 59.4 cm³/mol. The van der Waals surface area contributed by atoms with Gasteiger partial charge in [0.25, 0.3) is 0 Å². The first-order valence-corrected chi connectivity index (χ1v) is 5.00. The topological polar surface area (TPSA) is 37.3 Å². The fraction of sp³-hybridized carbons (Fsp3) is 0.308. The minimum atomic E-state index is -0.785. The van der Waals surface area contributed by atoms with E-state index in [0.717, 1.165) is 12.8 Å². The summed E-state index contributed by atoms with van der Waals surface area (Å²) in [4.78, 5) is 10.2. The zero-order valence-corrected chi connectivity index (χ0v) is 8.57. The number of benzene rings is 1. The molecule has 0 unspecified atom stereocenters. The van der Waals surface area contributed by atoms with Crippen LogP contribution in [0.25, 0.3) is 0 Å². The maximum atomic E-state index is 10.2. The summed E-state index contributed by atoms with van der Waals surface area (Å²) < 4.78 is 0. The van der Waals surface area contributed by atoms with Crippen molar-refractivity contribution in [1.29, 1.82) is 0 Å². The Kier molecular flexibility index (Phi) is 5.03. The van der Waals surface area contributed by atoms with Crippen LogP contribution in [0, 0.1) is 11.8 Å². The lowest BCUT2D eigenvalue weighted by molar-refractivity contribution is -0.136. The van der Waals surface area contributed by atoms with Crippen molar-refractivity contribution >= 4 is 5.97 Å². The van der Waals surface area contributed by atoms with E-state index >= 15 is 0 Å². The fourth-order valence-electron chi connectivity index (χ4n) is 1.20. The fourth-order valence-corrected chi connectivity index (χ4v) is 1.20. The van der Waals surface area contributed by atoms with E-state index in [-0.39, 0.29) is 6.42 Å². The number of hydrogen-bond acceptors (Lipinski definition) is 1. The molecule has 0 aromatic heterocycles. The quantitative estimate of drug-likeness (QED) is 0.761. The van der Waals surface area contributed by atoms with Crippen molar-refractivity contribution in [3.63, 3.8) is 0 Å². The van der Waals surface area contributed by atoms with Gasteiger partial charge in [-0.2, -0.15) is 0 Å². The van der Waals surface area contributed by atoms with E-state index < -0.39 is 5.97 Å². The molecule has 1 N–H and O–H groups in total. The van der Waals surface area contributed by atoms with Gasteiger partial charge in [0, 0.05) is 12.8 Å². The molecule has 1 aromatic rings. The molecule has 1 aromatic carbocycles. The van der Waals surface area contributed by atoms with Crippen LogP contribution in [-0.2, 0) is 11.2 Å². The third kappa shape index (κ3) is 5.53. The van der Waals surface area contributed by atoms with Crippen molar-refractivity contribution in [2.45, 2.75) is 25.7 Å². The largest absolute Gasteiger partial charge is 0.481 e. The number of carboxylic acids is 1. The number of aryl methyl sites for hydroxylation is 1. The van der Waals surface area contributed by atoms with Gasteiger partial charge >= 0.3 is 5.97 Å². The van der Waals surface area contributed by atoms with Gasteiger partial charge < -0.3 is 5.11 Å². The zero-order chi connectivity index (χ0) is 10.9. The summed E-state index contributed by atoms with van der Waals surface area (Å²) >= 11 is 0. The van der Waals surface area contributed by atoms with Crippen LogP contribution in [0.5, 0.6) is 0 Å². The molecule has 0 radical (unpaired) electrons. The molecule has 0 bridgehead atoms. The molecule has 0 amide bonds. The van der Waals surface area contributed by atoms with Crippen LogP contribution in [0.3, 0.4) is 0 Å². The van der Waals surface area contributed by atoms with Gasteiger partial charge in [0.1, 0.15) is 0 Å². The van der Waals surface area contributed by atoms with E-state index in [9.17, 15) is 4.79 Å². The van der Waals surface area contributed by atoms with Crippen molar-refractivity contribution in [2.24, 2.45) is 0 Å². The third-order valence-electron chi connectivity index (χ3n) is 1.97. The lowest BCUT2D eigenvalue weighted by Gasteiger charge is -1.94. The van der Waals surface area contributed by atoms with E-state index in [1.54, 1.807) is 0 Å². The summed E-state index contributed by atoms with van der Waals surface area (Å²) in [6, 6.07) is 10.1. The first-order chi connectivity index (χ1) is 7.29. The number of aliphatic carboxylic acids is 1. The molecule has 1 rings (SSSR count). The highest BCUT2D eigenvalue weighted by Crippen LogP contribution is 2.01. The van der Waals surface area contributed by atoms with Gasteiger partial charge in [0.2, 0.25) is 0 Å². The SMILES string of the molecule is O=C(O)CCC#CCCc1ccccc1. The number of rotatable bonds is 4. The zero-order valence-electron chi connectivity index (χ0n) is 8.57. The minimum absolute atomic E-state index is 0.137. The highest BCUT2D eigenvalue weighted by Gasteiger charge is 1.91. The van der Waals surface area contributed by atoms with Gasteiger partial charge in [-0.25, -0.2) is 0 Å². The Labute approximate surface area is 89.9 Å². The van der Waals surface area contributed by atoms with E-state index in [2.05, 4.69) is 24.0 Å². The Morgan fingerprint density at radius 1 is 1.13 bits per heavy atom. The lowest BCUT2D eigenvalue weighted by atomic mass is 10.1. The molecule has 0 spiro atoms. The maximum absolute atomic E-state index is 10.2. The van der Waals surface area contributed by atoms with E-state index in [1.807, 2.05) is 18.2 Å². The molecule has 0 saturated heterocycles. The predicted octanol–water partition coefficient (Wildman–Crippen LogP) is 2.49. The first-order valence-electron chi connectivity index (χ1n) is 5.00. The van der Waals surface area contributed by atoms with Crippen molar-refractivity contribution in [1.82, 2.24) is 0 Å². The maximum Gasteiger partial charge on any atom is 0.304 e. The molecule has 78 valence electrons. The normalized spacial score (nSPS) is 9.07. The molecule has 2 nitrogen and oxygen atoms in total. The third-order valence-corrected chi connectivity index (χ3v) is 1.97. The van der Waals surface area contributed by atoms with Crippen LogP contribution in [0.1, 0.15) is 24.8 Å². The average molecular weight is 202 g/mol. The summed E-state index contributed by atoms with van der Waals surface area (Å²) in [6.45, 7) is 0. The van der Waals surface area contributed by atoms with Crippen LogP contribution in [0.4, 0.5) is 0 Å². The highest BCUT2D eigenvalue weighted by molar-refractivity contribution is 5.66. The Morgan fingerprint density at radius 3 is 2.47 bits per heavy atom. The van der Waals surface area contributed by atoms with Gasteiger partial charge in [-0.15, -0.1) is 11.8 Å². The van der Waals surface area contributed by atoms with Crippen molar-refractivity contribution in [2.75, 3.05) is 0 Å². The van der Waals surface area contributed by atoms with Gasteiger partial charge in [-0.1, -0.05) is 30.3 Å². The monoisotopic (exact) mass is 202 g/mol. The Hall–Kier alpha value is -1.75. The number of hydrogen-bond donors (Lipinski definition) is 1. The van der Waals surface area contributed by atoms with Crippen LogP contribution in [-0.4, -0.2) is 11.1 Å². The van der Waals surface area contributed by atoms with Crippen molar-refractivity contribution < 1.29 is 9.90 Å². The number of carboxylic acid groups (broad SMARTS) is 1. The van der Waals surface area contributed by atoms with E-state index in [0.29, 0.717) is 6.42 Å². The van der Waals surface area contributed by atoms with Crippen LogP contribution < -0.4 is 0 Å². The minimum Gasteiger partial charge on any atom is -0.481 e. The summed E-state index contributed by atoms with van der Waals surface area (Å²) in [5.74, 6) is 5.05. The molecule has 0 aliphatic carbocycles. The molecule has 0 fully saturated rings. The van der Waals surface area contributed by atoms with E-state index in [4.69, 9.17) is 5.11 Å². The molecule has 2 heteroatoms. The van der Waals surface area contributed by atoms with Crippen LogP contribution in [0.2, 0.25) is 0 Å². The van der Waals surface area contributed by atoms with Gasteiger partial charge in [0.05, 0.1) is 6.42 Å². The van der Waals surface area contributed by atoms with Gasteiger partial charge in [0.15, 0.2) is 0 Å². The molecule has 0 atom stereocenters. The lowest BCUT2D eigenvalue weighted by Crippen LogP contribution is -1.91. The second kappa shape index (κ2) is 6.67. The Bertz CT molecular complexity index is 357. The molecular formula is C13H14O2. The Balaban J connectivity index is 2.19.